The van der Waals surface area contributed by atoms with Crippen LogP contribution >= 0.6 is 0 Å². The lowest BCUT2D eigenvalue weighted by Gasteiger charge is -2.29. The number of hydrogen-bond acceptors (Lipinski definition) is 3. The van der Waals surface area contributed by atoms with Crippen LogP contribution in [0.2, 0.25) is 0 Å². The van der Waals surface area contributed by atoms with Crippen molar-refractivity contribution >= 4 is 11.9 Å². The summed E-state index contributed by atoms with van der Waals surface area (Å²) in [4.78, 5) is 23.8. The van der Waals surface area contributed by atoms with E-state index in [1.54, 1.807) is 0 Å². The van der Waals surface area contributed by atoms with Crippen molar-refractivity contribution in [3.05, 3.63) is 35.4 Å². The van der Waals surface area contributed by atoms with Gasteiger partial charge in [-0.15, -0.1) is 0 Å². The number of benzene rings is 1. The Kier molecular flexibility index (Phi) is 9.97. The smallest absolute Gasteiger partial charge is 0.305 e. The van der Waals surface area contributed by atoms with Gasteiger partial charge >= 0.3 is 5.97 Å². The van der Waals surface area contributed by atoms with Crippen molar-refractivity contribution in [2.24, 2.45) is 0 Å². The molecule has 3 atom stereocenters. The highest BCUT2D eigenvalue weighted by atomic mass is 16.5. The number of nitrogens with zero attached hydrogens (tertiary/aromatic N) is 1. The summed E-state index contributed by atoms with van der Waals surface area (Å²) >= 11 is 0. The molecular formula is C25H41N2O4+. The molecule has 1 aliphatic heterocycles. The van der Waals surface area contributed by atoms with Gasteiger partial charge in [0, 0.05) is 0 Å². The Balaban J connectivity index is 1.77. The fraction of sp³-hybridized carbons (Fsp3) is 0.680. The summed E-state index contributed by atoms with van der Waals surface area (Å²) in [6.45, 7) is 2.78. The minimum atomic E-state index is -0.902. The lowest BCUT2D eigenvalue weighted by Crippen LogP contribution is -2.51. The number of likely N-dealkylation sites (N-methyl/N-ethyl adjacent to an activating group) is 1. The van der Waals surface area contributed by atoms with Gasteiger partial charge in [0.2, 0.25) is 5.91 Å². The molecule has 0 saturated carbocycles. The summed E-state index contributed by atoms with van der Waals surface area (Å²) in [6.07, 6.45) is 7.84. The van der Waals surface area contributed by atoms with E-state index in [0.29, 0.717) is 17.4 Å². The number of ether oxygens (including phenoxy) is 1. The number of unbranched alkanes of at least 4 members (excludes halogenated alkanes) is 2. The van der Waals surface area contributed by atoms with E-state index in [1.807, 2.05) is 21.1 Å². The lowest BCUT2D eigenvalue weighted by molar-refractivity contribution is -0.871. The molecule has 2 unspecified atom stereocenters. The molecule has 0 aliphatic carbocycles. The van der Waals surface area contributed by atoms with Gasteiger partial charge in [-0.3, -0.25) is 9.59 Å². The Morgan fingerprint density at radius 3 is 2.32 bits per heavy atom. The maximum atomic E-state index is 12.7. The van der Waals surface area contributed by atoms with E-state index in [0.717, 1.165) is 25.7 Å². The van der Waals surface area contributed by atoms with Gasteiger partial charge in [-0.1, -0.05) is 44.0 Å². The highest BCUT2D eigenvalue weighted by Crippen LogP contribution is 2.24. The third kappa shape index (κ3) is 9.83. The number of hydrogen-bond donors (Lipinski definition) is 2. The molecule has 1 amide bonds. The Bertz CT molecular complexity index is 696. The molecule has 2 rings (SSSR count). The zero-order valence-electron chi connectivity index (χ0n) is 19.7. The van der Waals surface area contributed by atoms with Crippen molar-refractivity contribution in [3.8, 4) is 0 Å². The zero-order chi connectivity index (χ0) is 22.9. The molecule has 0 aromatic heterocycles. The third-order valence-corrected chi connectivity index (χ3v) is 5.78. The Morgan fingerprint density at radius 1 is 1.10 bits per heavy atom. The van der Waals surface area contributed by atoms with Gasteiger partial charge in [0.15, 0.2) is 0 Å². The summed E-state index contributed by atoms with van der Waals surface area (Å²) < 4.78 is 6.59. The van der Waals surface area contributed by atoms with E-state index in [9.17, 15) is 9.59 Å². The van der Waals surface area contributed by atoms with E-state index in [4.69, 9.17) is 9.84 Å². The number of amides is 1. The molecule has 0 radical (unpaired) electrons. The number of carboxylic acid groups (broad SMARTS) is 1. The van der Waals surface area contributed by atoms with Crippen LogP contribution in [0.4, 0.5) is 0 Å². The van der Waals surface area contributed by atoms with Gasteiger partial charge in [-0.2, -0.15) is 0 Å². The predicted octanol–water partition coefficient (Wildman–Crippen LogP) is 3.57. The minimum Gasteiger partial charge on any atom is -0.481 e. The fourth-order valence-corrected chi connectivity index (χ4v) is 4.22. The summed E-state index contributed by atoms with van der Waals surface area (Å²) in [5.74, 6) is -1.08. The number of quaternary nitrogens is 1. The summed E-state index contributed by atoms with van der Waals surface area (Å²) in [7, 11) is 5.96. The van der Waals surface area contributed by atoms with Crippen LogP contribution in [0.1, 0.15) is 63.0 Å². The summed E-state index contributed by atoms with van der Waals surface area (Å²) in [5, 5.41) is 12.1. The molecule has 1 fully saturated rings. The number of carbonyl (C=O) groups is 2. The number of carboxylic acids is 1. The SMILES string of the molecule is CCCCCc1ccc(CCC2CCC(C(=O)N[C@H](CC(=O)O)C[N+](C)(C)C)O2)cc1. The van der Waals surface area contributed by atoms with E-state index in [-0.39, 0.29) is 18.4 Å². The molecule has 1 aliphatic rings. The molecule has 0 spiro atoms. The number of aryl methyl sites for hydroxylation is 2. The first-order valence-electron chi connectivity index (χ1n) is 11.7. The number of aliphatic carboxylic acids is 1. The van der Waals surface area contributed by atoms with Crippen LogP contribution in [-0.4, -0.2) is 67.4 Å². The molecule has 1 aromatic rings. The molecule has 31 heavy (non-hydrogen) atoms. The molecule has 174 valence electrons. The number of carbonyl (C=O) groups excluding carboxylic acids is 1. The first kappa shape index (κ1) is 25.3. The third-order valence-electron chi connectivity index (χ3n) is 5.78. The Labute approximate surface area is 187 Å². The van der Waals surface area contributed by atoms with Crippen LogP contribution in [0.3, 0.4) is 0 Å². The van der Waals surface area contributed by atoms with E-state index in [1.165, 1.54) is 30.4 Å². The van der Waals surface area contributed by atoms with Crippen molar-refractivity contribution in [2.75, 3.05) is 27.7 Å². The Hall–Kier alpha value is -1.92. The van der Waals surface area contributed by atoms with E-state index in [2.05, 4.69) is 36.5 Å². The molecule has 6 heteroatoms. The van der Waals surface area contributed by atoms with Gasteiger partial charge in [0.05, 0.1) is 46.3 Å². The van der Waals surface area contributed by atoms with Gasteiger partial charge < -0.3 is 19.6 Å². The van der Waals surface area contributed by atoms with E-state index < -0.39 is 18.1 Å². The van der Waals surface area contributed by atoms with Crippen molar-refractivity contribution in [1.29, 1.82) is 0 Å². The second-order valence-corrected chi connectivity index (χ2v) is 9.91. The molecular weight excluding hydrogens is 392 g/mol. The van der Waals surface area contributed by atoms with Crippen LogP contribution in [-0.2, 0) is 27.2 Å². The largest absolute Gasteiger partial charge is 0.481 e. The second-order valence-electron chi connectivity index (χ2n) is 9.91. The topological polar surface area (TPSA) is 75.6 Å². The van der Waals surface area contributed by atoms with Crippen LogP contribution in [0, 0.1) is 0 Å². The molecule has 1 aromatic carbocycles. The maximum Gasteiger partial charge on any atom is 0.305 e. The van der Waals surface area contributed by atoms with Crippen molar-refractivity contribution < 1.29 is 23.9 Å². The average Bonchev–Trinajstić information content (AvgIpc) is 3.15. The van der Waals surface area contributed by atoms with Crippen LogP contribution in [0.25, 0.3) is 0 Å². The Morgan fingerprint density at radius 2 is 1.74 bits per heavy atom. The van der Waals surface area contributed by atoms with Gasteiger partial charge in [0.1, 0.15) is 6.10 Å². The van der Waals surface area contributed by atoms with Gasteiger partial charge in [-0.05, 0) is 49.7 Å². The molecule has 0 bridgehead atoms. The van der Waals surface area contributed by atoms with Crippen LogP contribution in [0.15, 0.2) is 24.3 Å². The lowest BCUT2D eigenvalue weighted by atomic mass is 10.0. The van der Waals surface area contributed by atoms with E-state index >= 15 is 0 Å². The highest BCUT2D eigenvalue weighted by Gasteiger charge is 2.33. The zero-order valence-corrected chi connectivity index (χ0v) is 19.7. The quantitative estimate of drug-likeness (QED) is 0.368. The van der Waals surface area contributed by atoms with Crippen molar-refractivity contribution in [3.63, 3.8) is 0 Å². The summed E-state index contributed by atoms with van der Waals surface area (Å²) in [6, 6.07) is 8.48. The first-order chi connectivity index (χ1) is 14.7. The maximum absolute atomic E-state index is 12.7. The number of rotatable bonds is 13. The molecule has 1 heterocycles. The second kappa shape index (κ2) is 12.2. The molecule has 1 saturated heterocycles. The highest BCUT2D eigenvalue weighted by molar-refractivity contribution is 5.82. The van der Waals surface area contributed by atoms with Gasteiger partial charge in [0.25, 0.3) is 0 Å². The van der Waals surface area contributed by atoms with Crippen molar-refractivity contribution in [2.45, 2.75) is 83.0 Å². The monoisotopic (exact) mass is 433 g/mol. The molecule has 6 nitrogen and oxygen atoms in total. The van der Waals surface area contributed by atoms with Gasteiger partial charge in [-0.25, -0.2) is 0 Å². The fourth-order valence-electron chi connectivity index (χ4n) is 4.22. The normalized spacial score (nSPS) is 19.9. The minimum absolute atomic E-state index is 0.0775. The van der Waals surface area contributed by atoms with Crippen LogP contribution < -0.4 is 5.32 Å². The number of nitrogens with one attached hydrogen (secondary N) is 1. The summed E-state index contributed by atoms with van der Waals surface area (Å²) in [5.41, 5.74) is 2.70. The van der Waals surface area contributed by atoms with Crippen LogP contribution in [0.5, 0.6) is 0 Å². The predicted molar refractivity (Wildman–Crippen MR) is 123 cm³/mol. The molecule has 2 N–H and O–H groups in total. The standard InChI is InChI=1S/C25H40N2O4/c1-5-6-7-8-19-9-11-20(12-10-19)13-14-22-15-16-23(31-22)25(30)26-21(17-24(28)29)18-27(2,3)4/h9-12,21-23H,5-8,13-18H2,1-4H3,(H-,26,28,29,30)/p+1/t21-,22?,23?/m1/s1. The average molecular weight is 434 g/mol. The van der Waals surface area contributed by atoms with Crippen molar-refractivity contribution in [1.82, 2.24) is 5.32 Å². The first-order valence-corrected chi connectivity index (χ1v) is 11.7.